The fourth-order valence-corrected chi connectivity index (χ4v) is 1.80. The zero-order chi connectivity index (χ0) is 16.6. The van der Waals surface area contributed by atoms with Gasteiger partial charge in [-0.3, -0.25) is 0 Å². The van der Waals surface area contributed by atoms with Gasteiger partial charge in [0.2, 0.25) is 0 Å². The van der Waals surface area contributed by atoms with Gasteiger partial charge >= 0.3 is 12.1 Å². The van der Waals surface area contributed by atoms with E-state index in [-0.39, 0.29) is 0 Å². The van der Waals surface area contributed by atoms with Crippen LogP contribution in [0.3, 0.4) is 0 Å². The van der Waals surface area contributed by atoms with Gasteiger partial charge in [0, 0.05) is 6.42 Å². The SMILES string of the molecule is CCCOC(=O)C(Cc1ccccc1)NC(=O)OC(C)(C)C. The number of hydrogen-bond acceptors (Lipinski definition) is 4. The van der Waals surface area contributed by atoms with E-state index in [2.05, 4.69) is 5.32 Å². The van der Waals surface area contributed by atoms with E-state index in [1.165, 1.54) is 0 Å². The van der Waals surface area contributed by atoms with Crippen LogP contribution in [0.15, 0.2) is 30.3 Å². The molecule has 5 nitrogen and oxygen atoms in total. The Hall–Kier alpha value is -2.04. The summed E-state index contributed by atoms with van der Waals surface area (Å²) in [4.78, 5) is 24.0. The number of alkyl carbamates (subject to hydrolysis) is 1. The van der Waals surface area contributed by atoms with Gasteiger partial charge in [-0.2, -0.15) is 0 Å². The first-order valence-corrected chi connectivity index (χ1v) is 7.52. The minimum atomic E-state index is -0.760. The third-order valence-electron chi connectivity index (χ3n) is 2.71. The molecule has 1 aromatic rings. The molecule has 0 saturated heterocycles. The molecule has 1 N–H and O–H groups in total. The smallest absolute Gasteiger partial charge is 0.408 e. The van der Waals surface area contributed by atoms with Crippen LogP contribution < -0.4 is 5.32 Å². The lowest BCUT2D eigenvalue weighted by molar-refractivity contribution is -0.146. The van der Waals surface area contributed by atoms with E-state index in [0.29, 0.717) is 13.0 Å². The van der Waals surface area contributed by atoms with Gasteiger partial charge in [-0.15, -0.1) is 0 Å². The molecule has 0 aliphatic rings. The highest BCUT2D eigenvalue weighted by atomic mass is 16.6. The van der Waals surface area contributed by atoms with Gasteiger partial charge in [0.05, 0.1) is 6.61 Å². The molecular formula is C17H25NO4. The average Bonchev–Trinajstić information content (AvgIpc) is 2.43. The van der Waals surface area contributed by atoms with Crippen molar-refractivity contribution in [2.75, 3.05) is 6.61 Å². The molecule has 22 heavy (non-hydrogen) atoms. The topological polar surface area (TPSA) is 64.6 Å². The maximum atomic E-state index is 12.1. The number of benzene rings is 1. The maximum Gasteiger partial charge on any atom is 0.408 e. The molecule has 0 saturated carbocycles. The summed E-state index contributed by atoms with van der Waals surface area (Å²) in [6, 6.07) is 8.71. The zero-order valence-corrected chi connectivity index (χ0v) is 13.7. The van der Waals surface area contributed by atoms with Crippen LogP contribution in [-0.2, 0) is 20.7 Å². The highest BCUT2D eigenvalue weighted by Gasteiger charge is 2.25. The van der Waals surface area contributed by atoms with E-state index in [1.807, 2.05) is 37.3 Å². The first kappa shape index (κ1) is 18.0. The van der Waals surface area contributed by atoms with E-state index in [0.717, 1.165) is 12.0 Å². The van der Waals surface area contributed by atoms with E-state index < -0.39 is 23.7 Å². The van der Waals surface area contributed by atoms with Gasteiger partial charge in [0.1, 0.15) is 11.6 Å². The molecule has 0 spiro atoms. The molecule has 0 aromatic heterocycles. The van der Waals surface area contributed by atoms with Gasteiger partial charge < -0.3 is 14.8 Å². The Balaban J connectivity index is 2.73. The molecule has 0 bridgehead atoms. The van der Waals surface area contributed by atoms with Crippen molar-refractivity contribution in [3.05, 3.63) is 35.9 Å². The molecular weight excluding hydrogens is 282 g/mol. The molecule has 0 fully saturated rings. The predicted octanol–water partition coefficient (Wildman–Crippen LogP) is 3.08. The van der Waals surface area contributed by atoms with Crippen LogP contribution in [0.4, 0.5) is 4.79 Å². The molecule has 1 atom stereocenters. The van der Waals surface area contributed by atoms with Crippen LogP contribution in [0.1, 0.15) is 39.7 Å². The Kier molecular flexibility index (Phi) is 6.89. The summed E-state index contributed by atoms with van der Waals surface area (Å²) in [5, 5.41) is 2.60. The van der Waals surface area contributed by atoms with Gasteiger partial charge in [0.15, 0.2) is 0 Å². The minimum absolute atomic E-state index is 0.333. The van der Waals surface area contributed by atoms with E-state index >= 15 is 0 Å². The van der Waals surface area contributed by atoms with Crippen molar-refractivity contribution in [1.82, 2.24) is 5.32 Å². The zero-order valence-electron chi connectivity index (χ0n) is 13.7. The molecule has 1 unspecified atom stereocenters. The highest BCUT2D eigenvalue weighted by Crippen LogP contribution is 2.09. The maximum absolute atomic E-state index is 12.1. The van der Waals surface area contributed by atoms with Crippen molar-refractivity contribution in [3.8, 4) is 0 Å². The number of rotatable bonds is 6. The van der Waals surface area contributed by atoms with Gasteiger partial charge in [-0.05, 0) is 32.8 Å². The molecule has 122 valence electrons. The quantitative estimate of drug-likeness (QED) is 0.820. The number of esters is 1. The highest BCUT2D eigenvalue weighted by molar-refractivity contribution is 5.81. The number of amides is 1. The Morgan fingerprint density at radius 2 is 1.82 bits per heavy atom. The standard InChI is InChI=1S/C17H25NO4/c1-5-11-21-15(19)14(12-13-9-7-6-8-10-13)18-16(20)22-17(2,3)4/h6-10,14H,5,11-12H2,1-4H3,(H,18,20). The summed E-state index contributed by atoms with van der Waals surface area (Å²) in [7, 11) is 0. The average molecular weight is 307 g/mol. The number of ether oxygens (including phenoxy) is 2. The van der Waals surface area contributed by atoms with Crippen molar-refractivity contribution < 1.29 is 19.1 Å². The van der Waals surface area contributed by atoms with Crippen molar-refractivity contribution in [3.63, 3.8) is 0 Å². The van der Waals surface area contributed by atoms with Gasteiger partial charge in [-0.1, -0.05) is 37.3 Å². The summed E-state index contributed by atoms with van der Waals surface area (Å²) < 4.78 is 10.4. The molecule has 0 aliphatic carbocycles. The van der Waals surface area contributed by atoms with Crippen LogP contribution in [0, 0.1) is 0 Å². The molecule has 1 rings (SSSR count). The lowest BCUT2D eigenvalue weighted by atomic mass is 10.1. The Morgan fingerprint density at radius 3 is 2.36 bits per heavy atom. The summed E-state index contributed by atoms with van der Waals surface area (Å²) in [6.07, 6.45) is 0.473. The van der Waals surface area contributed by atoms with Crippen LogP contribution in [0.5, 0.6) is 0 Å². The molecule has 5 heteroatoms. The molecule has 1 aromatic carbocycles. The summed E-state index contributed by atoms with van der Waals surface area (Å²) in [6.45, 7) is 7.57. The van der Waals surface area contributed by atoms with Crippen molar-refractivity contribution >= 4 is 12.1 Å². The minimum Gasteiger partial charge on any atom is -0.464 e. The van der Waals surface area contributed by atoms with Gasteiger partial charge in [-0.25, -0.2) is 9.59 Å². The third-order valence-corrected chi connectivity index (χ3v) is 2.71. The number of carbonyl (C=O) groups excluding carboxylic acids is 2. The van der Waals surface area contributed by atoms with E-state index in [1.54, 1.807) is 20.8 Å². The second-order valence-electron chi connectivity index (χ2n) is 6.06. The first-order chi connectivity index (χ1) is 10.3. The third kappa shape index (κ3) is 7.11. The lowest BCUT2D eigenvalue weighted by Crippen LogP contribution is -2.45. The number of carbonyl (C=O) groups is 2. The van der Waals surface area contributed by atoms with Crippen molar-refractivity contribution in [2.24, 2.45) is 0 Å². The predicted molar refractivity (Wildman–Crippen MR) is 84.6 cm³/mol. The molecule has 1 amide bonds. The van der Waals surface area contributed by atoms with Crippen molar-refractivity contribution in [1.29, 1.82) is 0 Å². The summed E-state index contributed by atoms with van der Waals surface area (Å²) in [5.74, 6) is -0.448. The Labute approximate surface area is 132 Å². The number of nitrogens with one attached hydrogen (secondary N) is 1. The van der Waals surface area contributed by atoms with Crippen LogP contribution in [-0.4, -0.2) is 30.3 Å². The molecule has 0 radical (unpaired) electrons. The lowest BCUT2D eigenvalue weighted by Gasteiger charge is -2.23. The normalized spacial score (nSPS) is 12.4. The van der Waals surface area contributed by atoms with E-state index in [9.17, 15) is 9.59 Å². The molecule has 0 heterocycles. The van der Waals surface area contributed by atoms with Crippen LogP contribution in [0.2, 0.25) is 0 Å². The first-order valence-electron chi connectivity index (χ1n) is 7.52. The Morgan fingerprint density at radius 1 is 1.18 bits per heavy atom. The van der Waals surface area contributed by atoms with E-state index in [4.69, 9.17) is 9.47 Å². The van der Waals surface area contributed by atoms with Crippen LogP contribution >= 0.6 is 0 Å². The second-order valence-corrected chi connectivity index (χ2v) is 6.06. The van der Waals surface area contributed by atoms with Crippen molar-refractivity contribution in [2.45, 2.75) is 52.2 Å². The summed E-state index contributed by atoms with van der Waals surface area (Å²) >= 11 is 0. The fraction of sp³-hybridized carbons (Fsp3) is 0.529. The fourth-order valence-electron chi connectivity index (χ4n) is 1.80. The number of hydrogen-bond donors (Lipinski definition) is 1. The molecule has 0 aliphatic heterocycles. The van der Waals surface area contributed by atoms with Crippen LogP contribution in [0.25, 0.3) is 0 Å². The van der Waals surface area contributed by atoms with Gasteiger partial charge in [0.25, 0.3) is 0 Å². The Bertz CT molecular complexity index is 479. The monoisotopic (exact) mass is 307 g/mol. The summed E-state index contributed by atoms with van der Waals surface area (Å²) in [5.41, 5.74) is 0.325. The second kappa shape index (κ2) is 8.41. The largest absolute Gasteiger partial charge is 0.464 e.